The van der Waals surface area contributed by atoms with Crippen LogP contribution in [0.25, 0.3) is 0 Å². The van der Waals surface area contributed by atoms with Gasteiger partial charge in [-0.1, -0.05) is 59.6 Å². The van der Waals surface area contributed by atoms with Crippen LogP contribution < -0.4 is 4.90 Å². The van der Waals surface area contributed by atoms with Crippen LogP contribution in [0, 0.1) is 0 Å². The third-order valence-electron chi connectivity index (χ3n) is 5.25. The number of rotatable bonds is 8. The number of hydrogen-bond donors (Lipinski definition) is 0. The summed E-state index contributed by atoms with van der Waals surface area (Å²) in [4.78, 5) is 4.92. The van der Waals surface area contributed by atoms with E-state index in [1.165, 1.54) is 18.4 Å². The second kappa shape index (κ2) is 11.6. The molecule has 0 amide bonds. The lowest BCUT2D eigenvalue weighted by Gasteiger charge is -2.40. The summed E-state index contributed by atoms with van der Waals surface area (Å²) < 4.78 is 6.10. The first-order chi connectivity index (χ1) is 13.8. The number of anilines is 1. The predicted octanol–water partition coefficient (Wildman–Crippen LogP) is 7.05. The number of ether oxygens (including phenoxy) is 1. The van der Waals surface area contributed by atoms with Gasteiger partial charge < -0.3 is 9.64 Å². The van der Waals surface area contributed by atoms with E-state index in [0.717, 1.165) is 31.7 Å². The van der Waals surface area contributed by atoms with E-state index in [9.17, 15) is 0 Å². The Morgan fingerprint density at radius 1 is 0.967 bits per heavy atom. The molecule has 1 fully saturated rings. The molecular formula is C24H33Cl3N2O. The van der Waals surface area contributed by atoms with Gasteiger partial charge in [-0.2, -0.15) is 0 Å². The van der Waals surface area contributed by atoms with Gasteiger partial charge in [-0.25, -0.2) is 0 Å². The maximum atomic E-state index is 6.67. The smallest absolute Gasteiger partial charge is 0.0847 e. The van der Waals surface area contributed by atoms with Crippen LogP contribution in [0.3, 0.4) is 0 Å². The van der Waals surface area contributed by atoms with Gasteiger partial charge in [0.15, 0.2) is 0 Å². The maximum Gasteiger partial charge on any atom is 0.0847 e. The van der Waals surface area contributed by atoms with Crippen molar-refractivity contribution in [1.82, 2.24) is 4.90 Å². The second-order valence-electron chi connectivity index (χ2n) is 8.66. The highest BCUT2D eigenvalue weighted by atomic mass is 35.5. The van der Waals surface area contributed by atoms with Crippen molar-refractivity contribution in [3.8, 4) is 0 Å². The summed E-state index contributed by atoms with van der Waals surface area (Å²) in [5.74, 6) is 0. The minimum Gasteiger partial charge on any atom is -0.376 e. The third kappa shape index (κ3) is 7.03. The van der Waals surface area contributed by atoms with Gasteiger partial charge in [-0.15, -0.1) is 12.4 Å². The standard InChI is InChI=1S/C24H32Cl2N2O.ClH/c1-24(2,3)29-17-14-22(27-15-7-8-16-27)28(18-19-10-5-4-6-11-19)23-20(25)12-9-13-21(23)26;/h4-6,9-13,22H,7-8,14-18H2,1-3H3;1H. The Hall–Kier alpha value is -0.970. The molecular weight excluding hydrogens is 439 g/mol. The van der Waals surface area contributed by atoms with E-state index in [1.807, 2.05) is 24.3 Å². The van der Waals surface area contributed by atoms with Gasteiger partial charge in [0.2, 0.25) is 0 Å². The van der Waals surface area contributed by atoms with Crippen molar-refractivity contribution in [2.45, 2.75) is 58.3 Å². The van der Waals surface area contributed by atoms with Crippen molar-refractivity contribution in [2.24, 2.45) is 0 Å². The predicted molar refractivity (Wildman–Crippen MR) is 131 cm³/mol. The Kier molecular flexibility index (Phi) is 9.77. The summed E-state index contributed by atoms with van der Waals surface area (Å²) in [5, 5.41) is 1.38. The molecule has 2 aromatic rings. The van der Waals surface area contributed by atoms with Gasteiger partial charge in [0, 0.05) is 26.1 Å². The molecule has 3 nitrogen and oxygen atoms in total. The first-order valence-electron chi connectivity index (χ1n) is 10.5. The van der Waals surface area contributed by atoms with E-state index in [0.29, 0.717) is 16.7 Å². The van der Waals surface area contributed by atoms with Crippen molar-refractivity contribution in [3.63, 3.8) is 0 Å². The molecule has 0 saturated carbocycles. The molecule has 1 aliphatic heterocycles. The molecule has 1 heterocycles. The molecule has 1 aliphatic rings. The topological polar surface area (TPSA) is 15.7 Å². The molecule has 0 N–H and O–H groups in total. The Morgan fingerprint density at radius 2 is 1.57 bits per heavy atom. The molecule has 0 radical (unpaired) electrons. The zero-order valence-electron chi connectivity index (χ0n) is 18.1. The zero-order chi connectivity index (χ0) is 20.9. The normalized spacial score (nSPS) is 15.6. The van der Waals surface area contributed by atoms with Crippen LogP contribution in [0.4, 0.5) is 5.69 Å². The fourth-order valence-corrected chi connectivity index (χ4v) is 4.54. The van der Waals surface area contributed by atoms with E-state index in [1.54, 1.807) is 0 Å². The highest BCUT2D eigenvalue weighted by Gasteiger charge is 2.30. The molecule has 30 heavy (non-hydrogen) atoms. The lowest BCUT2D eigenvalue weighted by atomic mass is 10.1. The van der Waals surface area contributed by atoms with E-state index in [-0.39, 0.29) is 24.2 Å². The fourth-order valence-electron chi connectivity index (χ4n) is 3.92. The Labute approximate surface area is 197 Å². The molecule has 0 aliphatic carbocycles. The van der Waals surface area contributed by atoms with Gasteiger partial charge in [0.25, 0.3) is 0 Å². The lowest BCUT2D eigenvalue weighted by molar-refractivity contribution is -0.0127. The van der Waals surface area contributed by atoms with Crippen LogP contribution in [0.5, 0.6) is 0 Å². The third-order valence-corrected chi connectivity index (χ3v) is 5.86. The van der Waals surface area contributed by atoms with E-state index >= 15 is 0 Å². The van der Waals surface area contributed by atoms with Crippen molar-refractivity contribution < 1.29 is 4.74 Å². The first-order valence-corrected chi connectivity index (χ1v) is 11.2. The van der Waals surface area contributed by atoms with Gasteiger partial charge >= 0.3 is 0 Å². The van der Waals surface area contributed by atoms with Crippen LogP contribution in [0.2, 0.25) is 10.0 Å². The maximum absolute atomic E-state index is 6.67. The summed E-state index contributed by atoms with van der Waals surface area (Å²) >= 11 is 13.3. The first kappa shape index (κ1) is 25.3. The second-order valence-corrected chi connectivity index (χ2v) is 9.47. The lowest BCUT2D eigenvalue weighted by Crippen LogP contribution is -2.48. The Bertz CT molecular complexity index is 754. The molecule has 3 rings (SSSR count). The number of benzene rings is 2. The van der Waals surface area contributed by atoms with Crippen molar-refractivity contribution in [1.29, 1.82) is 0 Å². The van der Waals surface area contributed by atoms with Crippen LogP contribution in [-0.4, -0.2) is 36.4 Å². The van der Waals surface area contributed by atoms with Gasteiger partial charge in [-0.3, -0.25) is 4.90 Å². The number of para-hydroxylation sites is 1. The zero-order valence-corrected chi connectivity index (χ0v) is 20.4. The van der Waals surface area contributed by atoms with Crippen molar-refractivity contribution >= 4 is 41.3 Å². The van der Waals surface area contributed by atoms with Crippen molar-refractivity contribution in [3.05, 3.63) is 64.1 Å². The van der Waals surface area contributed by atoms with Crippen molar-refractivity contribution in [2.75, 3.05) is 24.6 Å². The van der Waals surface area contributed by atoms with Gasteiger partial charge in [0.1, 0.15) is 0 Å². The Morgan fingerprint density at radius 3 is 2.13 bits per heavy atom. The molecule has 1 atom stereocenters. The molecule has 0 spiro atoms. The molecule has 1 unspecified atom stereocenters. The average Bonchev–Trinajstić information content (AvgIpc) is 3.19. The number of hydrogen-bond acceptors (Lipinski definition) is 3. The van der Waals surface area contributed by atoms with Gasteiger partial charge in [-0.05, 0) is 51.3 Å². The molecule has 0 aromatic heterocycles. The van der Waals surface area contributed by atoms with E-state index in [4.69, 9.17) is 27.9 Å². The van der Waals surface area contributed by atoms with Crippen LogP contribution in [0.15, 0.2) is 48.5 Å². The summed E-state index contributed by atoms with van der Waals surface area (Å²) in [6.45, 7) is 9.93. The average molecular weight is 472 g/mol. The molecule has 6 heteroatoms. The highest BCUT2D eigenvalue weighted by Crippen LogP contribution is 2.37. The van der Waals surface area contributed by atoms with Crippen LogP contribution in [0.1, 0.15) is 45.6 Å². The SMILES string of the molecule is CC(C)(C)OCCC(N1CCCC1)N(Cc1ccccc1)c1c(Cl)cccc1Cl.Cl. The molecule has 0 bridgehead atoms. The number of nitrogens with zero attached hydrogens (tertiary/aromatic N) is 2. The van der Waals surface area contributed by atoms with E-state index < -0.39 is 0 Å². The molecule has 1 saturated heterocycles. The quantitative estimate of drug-likeness (QED) is 0.410. The number of halogens is 3. The largest absolute Gasteiger partial charge is 0.376 e. The summed E-state index contributed by atoms with van der Waals surface area (Å²) in [6.07, 6.45) is 3.53. The van der Waals surface area contributed by atoms with Crippen LogP contribution in [-0.2, 0) is 11.3 Å². The number of likely N-dealkylation sites (tertiary alicyclic amines) is 1. The minimum absolute atomic E-state index is 0. The monoisotopic (exact) mass is 470 g/mol. The molecule has 2 aromatic carbocycles. The molecule has 166 valence electrons. The fraction of sp³-hybridized carbons (Fsp3) is 0.500. The minimum atomic E-state index is -0.151. The summed E-state index contributed by atoms with van der Waals surface area (Å²) in [6, 6.07) is 16.3. The summed E-state index contributed by atoms with van der Waals surface area (Å²) in [5.41, 5.74) is 2.00. The summed E-state index contributed by atoms with van der Waals surface area (Å²) in [7, 11) is 0. The van der Waals surface area contributed by atoms with E-state index in [2.05, 4.69) is 54.8 Å². The van der Waals surface area contributed by atoms with Crippen LogP contribution >= 0.6 is 35.6 Å². The van der Waals surface area contributed by atoms with Gasteiger partial charge in [0.05, 0.1) is 34.1 Å². The highest BCUT2D eigenvalue weighted by molar-refractivity contribution is 6.39. The Balaban J connectivity index is 0.00000320.